The summed E-state index contributed by atoms with van der Waals surface area (Å²) in [5, 5.41) is 0.997. The van der Waals surface area contributed by atoms with Crippen molar-refractivity contribution in [3.63, 3.8) is 0 Å². The van der Waals surface area contributed by atoms with E-state index in [1.54, 1.807) is 36.4 Å². The zero-order valence-electron chi connectivity index (χ0n) is 23.9. The maximum atomic E-state index is 13.0. The molecule has 6 aromatic rings. The molecule has 0 unspecified atom stereocenters. The summed E-state index contributed by atoms with van der Waals surface area (Å²) in [5.74, 6) is 0.767. The molecular weight excluding hydrogens is 634 g/mol. The van der Waals surface area contributed by atoms with Gasteiger partial charge in [0.05, 0.1) is 16.3 Å². The van der Waals surface area contributed by atoms with Crippen molar-refractivity contribution < 1.29 is 22.7 Å². The van der Waals surface area contributed by atoms with Crippen LogP contribution in [0, 0.1) is 0 Å². The number of imidazole rings is 1. The number of aromatic nitrogens is 2. The number of hydrogen-bond acceptors (Lipinski definition) is 3. The number of rotatable bonds is 8. The second kappa shape index (κ2) is 12.7. The first kappa shape index (κ1) is 31.0. The Morgan fingerprint density at radius 3 is 2.11 bits per heavy atom. The quantitative estimate of drug-likeness (QED) is 0.177. The number of nitrogens with zero attached hydrogens (tertiary/aromatic N) is 2. The third kappa shape index (κ3) is 6.93. The van der Waals surface area contributed by atoms with Crippen LogP contribution in [0.4, 0.5) is 13.2 Å². The number of alkyl halides is 3. The molecule has 0 radical (unpaired) electrons. The summed E-state index contributed by atoms with van der Waals surface area (Å²) in [6.07, 6.45) is -2.06. The minimum atomic E-state index is -4.45. The van der Waals surface area contributed by atoms with Crippen molar-refractivity contribution in [2.24, 2.45) is 5.73 Å². The molecule has 0 fully saturated rings. The lowest BCUT2D eigenvalue weighted by atomic mass is 10.0. The van der Waals surface area contributed by atoms with Crippen molar-refractivity contribution in [2.75, 3.05) is 0 Å². The van der Waals surface area contributed by atoms with Crippen LogP contribution < -0.4 is 10.5 Å². The first-order chi connectivity index (χ1) is 22.0. The molecule has 1 heterocycles. The molecule has 230 valence electrons. The molecule has 0 spiro atoms. The van der Waals surface area contributed by atoms with Crippen LogP contribution in [-0.2, 0) is 12.6 Å². The number of carbonyl (C=O) groups excluding carboxylic acids is 1. The molecule has 1 aromatic heterocycles. The number of primary amides is 1. The number of hydrogen-bond donors (Lipinski definition) is 1. The Balaban J connectivity index is 1.23. The molecule has 0 aliphatic carbocycles. The van der Waals surface area contributed by atoms with E-state index in [-0.39, 0.29) is 5.75 Å². The molecule has 0 atom stereocenters. The molecule has 1 amide bonds. The lowest BCUT2D eigenvalue weighted by Crippen LogP contribution is -2.10. The summed E-state index contributed by atoms with van der Waals surface area (Å²) in [7, 11) is 0. The Bertz CT molecular complexity index is 2020. The fourth-order valence-corrected chi connectivity index (χ4v) is 5.47. The van der Waals surface area contributed by atoms with Gasteiger partial charge in [0.2, 0.25) is 5.91 Å². The highest BCUT2D eigenvalue weighted by Crippen LogP contribution is 2.34. The molecule has 5 aromatic carbocycles. The van der Waals surface area contributed by atoms with Gasteiger partial charge in [-0.3, -0.25) is 4.79 Å². The third-order valence-electron chi connectivity index (χ3n) is 7.32. The SMILES string of the molecule is NC(=O)c1ccc(-n2cc(-c3ccc(Cl)cc3Cl)nc2Cc2ccc(-c3ccc(Oc4cccc(C(F)(F)F)c4)cc3)cc2)cc1. The fourth-order valence-electron chi connectivity index (χ4n) is 4.97. The van der Waals surface area contributed by atoms with Crippen LogP contribution in [0.1, 0.15) is 27.3 Å². The number of carbonyl (C=O) groups is 1. The predicted octanol–water partition coefficient (Wildman–Crippen LogP) is 10.0. The van der Waals surface area contributed by atoms with Crippen LogP contribution in [-0.4, -0.2) is 15.5 Å². The van der Waals surface area contributed by atoms with Gasteiger partial charge in [0, 0.05) is 34.5 Å². The van der Waals surface area contributed by atoms with Gasteiger partial charge in [-0.25, -0.2) is 4.98 Å². The monoisotopic (exact) mass is 657 g/mol. The van der Waals surface area contributed by atoms with Crippen molar-refractivity contribution in [2.45, 2.75) is 12.6 Å². The number of amides is 1. The zero-order valence-corrected chi connectivity index (χ0v) is 25.4. The van der Waals surface area contributed by atoms with E-state index in [2.05, 4.69) is 0 Å². The van der Waals surface area contributed by atoms with Gasteiger partial charge in [0.1, 0.15) is 17.3 Å². The summed E-state index contributed by atoms with van der Waals surface area (Å²) < 4.78 is 46.7. The van der Waals surface area contributed by atoms with E-state index in [0.29, 0.717) is 33.5 Å². The first-order valence-corrected chi connectivity index (χ1v) is 14.8. The van der Waals surface area contributed by atoms with Crippen LogP contribution in [0.15, 0.2) is 121 Å². The largest absolute Gasteiger partial charge is 0.457 e. The average molecular weight is 659 g/mol. The summed E-state index contributed by atoms with van der Waals surface area (Å²) in [6, 6.07) is 32.1. The highest BCUT2D eigenvalue weighted by molar-refractivity contribution is 6.36. The third-order valence-corrected chi connectivity index (χ3v) is 7.86. The standard InChI is InChI=1S/C36H24Cl2F3N3O2/c37-27-12-17-31(32(38)20-27)33-21-44(28-13-8-25(9-14-28)35(42)45)34(43-33)18-22-4-6-23(7-5-22)24-10-15-29(16-11-24)46-30-3-1-2-26(19-30)36(39,40)41/h1-17,19-21H,18H2,(H2,42,45). The van der Waals surface area contributed by atoms with Crippen molar-refractivity contribution >= 4 is 29.1 Å². The minimum absolute atomic E-state index is 0.107. The van der Waals surface area contributed by atoms with Crippen molar-refractivity contribution in [1.82, 2.24) is 9.55 Å². The highest BCUT2D eigenvalue weighted by Gasteiger charge is 2.30. The summed E-state index contributed by atoms with van der Waals surface area (Å²) in [4.78, 5) is 16.5. The van der Waals surface area contributed by atoms with Gasteiger partial charge in [-0.1, -0.05) is 65.7 Å². The lowest BCUT2D eigenvalue weighted by Gasteiger charge is -2.11. The molecule has 6 rings (SSSR count). The van der Waals surface area contributed by atoms with Crippen LogP contribution in [0.2, 0.25) is 10.0 Å². The van der Waals surface area contributed by atoms with E-state index in [1.807, 2.05) is 65.4 Å². The Labute approximate surface area is 272 Å². The van der Waals surface area contributed by atoms with Crippen molar-refractivity contribution in [1.29, 1.82) is 0 Å². The van der Waals surface area contributed by atoms with E-state index in [1.165, 1.54) is 12.1 Å². The molecule has 5 nitrogen and oxygen atoms in total. The van der Waals surface area contributed by atoms with E-state index >= 15 is 0 Å². The van der Waals surface area contributed by atoms with E-state index in [0.717, 1.165) is 45.9 Å². The first-order valence-electron chi connectivity index (χ1n) is 14.0. The Hall–Kier alpha value is -5.05. The number of benzene rings is 5. The summed E-state index contributed by atoms with van der Waals surface area (Å²) >= 11 is 12.6. The fraction of sp³-hybridized carbons (Fsp3) is 0.0556. The van der Waals surface area contributed by atoms with Gasteiger partial charge in [-0.2, -0.15) is 13.2 Å². The molecule has 10 heteroatoms. The Kier molecular flexibility index (Phi) is 8.58. The van der Waals surface area contributed by atoms with Crippen molar-refractivity contribution in [3.05, 3.63) is 154 Å². The normalized spacial score (nSPS) is 11.4. The maximum absolute atomic E-state index is 13.0. The molecule has 0 saturated carbocycles. The van der Waals surface area contributed by atoms with Crippen LogP contribution in [0.5, 0.6) is 11.5 Å². The Morgan fingerprint density at radius 2 is 1.48 bits per heavy atom. The predicted molar refractivity (Wildman–Crippen MR) is 174 cm³/mol. The highest BCUT2D eigenvalue weighted by atomic mass is 35.5. The van der Waals surface area contributed by atoms with Gasteiger partial charge in [0.15, 0.2) is 0 Å². The van der Waals surface area contributed by atoms with Crippen LogP contribution in [0.25, 0.3) is 28.1 Å². The van der Waals surface area contributed by atoms with Crippen LogP contribution >= 0.6 is 23.2 Å². The molecule has 0 aliphatic heterocycles. The van der Waals surface area contributed by atoms with E-state index < -0.39 is 17.6 Å². The minimum Gasteiger partial charge on any atom is -0.457 e. The topological polar surface area (TPSA) is 70.1 Å². The van der Waals surface area contributed by atoms with Crippen LogP contribution in [0.3, 0.4) is 0 Å². The molecule has 46 heavy (non-hydrogen) atoms. The smallest absolute Gasteiger partial charge is 0.416 e. The van der Waals surface area contributed by atoms with Crippen molar-refractivity contribution in [3.8, 4) is 39.6 Å². The van der Waals surface area contributed by atoms with Gasteiger partial charge >= 0.3 is 6.18 Å². The lowest BCUT2D eigenvalue weighted by molar-refractivity contribution is -0.137. The van der Waals surface area contributed by atoms with Gasteiger partial charge < -0.3 is 15.0 Å². The average Bonchev–Trinajstić information content (AvgIpc) is 3.45. The van der Waals surface area contributed by atoms with E-state index in [9.17, 15) is 18.0 Å². The number of ether oxygens (including phenoxy) is 1. The summed E-state index contributed by atoms with van der Waals surface area (Å²) in [5.41, 5.74) is 10.1. The Morgan fingerprint density at radius 1 is 0.804 bits per heavy atom. The van der Waals surface area contributed by atoms with Gasteiger partial charge in [0.25, 0.3) is 0 Å². The molecular formula is C36H24Cl2F3N3O2. The van der Waals surface area contributed by atoms with Gasteiger partial charge in [-0.05, 0) is 89.5 Å². The second-order valence-corrected chi connectivity index (χ2v) is 11.3. The number of halogens is 5. The molecule has 0 saturated heterocycles. The zero-order chi connectivity index (χ0) is 32.4. The summed E-state index contributed by atoms with van der Waals surface area (Å²) in [6.45, 7) is 0. The second-order valence-electron chi connectivity index (χ2n) is 10.5. The number of nitrogens with two attached hydrogens (primary N) is 1. The maximum Gasteiger partial charge on any atom is 0.416 e. The molecule has 0 bridgehead atoms. The molecule has 2 N–H and O–H groups in total. The molecule has 0 aliphatic rings. The van der Waals surface area contributed by atoms with E-state index in [4.69, 9.17) is 38.7 Å². The van der Waals surface area contributed by atoms with Gasteiger partial charge in [-0.15, -0.1) is 0 Å².